The molecule has 2 fully saturated rings. The molecule has 0 aromatic heterocycles. The Morgan fingerprint density at radius 1 is 0.714 bits per heavy atom. The number of likely N-dealkylation sites (N-methyl/N-ethyl adjacent to an activating group) is 2. The molecule has 6 nitrogen and oxygen atoms in total. The van der Waals surface area contributed by atoms with Gasteiger partial charge in [-0.3, -0.25) is 0 Å². The normalized spacial score (nSPS) is 20.8. The van der Waals surface area contributed by atoms with Gasteiger partial charge in [-0.15, -0.1) is 0 Å². The van der Waals surface area contributed by atoms with Gasteiger partial charge in [0.2, 0.25) is 0 Å². The van der Waals surface area contributed by atoms with Gasteiger partial charge in [-0.05, 0) is 0 Å². The summed E-state index contributed by atoms with van der Waals surface area (Å²) in [4.78, 5) is 5.06. The van der Waals surface area contributed by atoms with Crippen LogP contribution in [0.4, 0.5) is 0 Å². The van der Waals surface area contributed by atoms with Crippen LogP contribution in [-0.2, 0) is 0 Å². The molecule has 2 aliphatic heterocycles. The Bertz CT molecular complexity index is 842. The van der Waals surface area contributed by atoms with Gasteiger partial charge in [0.15, 0.2) is 0 Å². The Morgan fingerprint density at radius 3 is 1.43 bits per heavy atom. The fourth-order valence-electron chi connectivity index (χ4n) is 3.94. The second kappa shape index (κ2) is 7.83. The molecule has 0 N–H and O–H groups in total. The molecule has 148 valence electrons. The van der Waals surface area contributed by atoms with E-state index in [1.165, 1.54) is 11.0 Å². The van der Waals surface area contributed by atoms with Crippen molar-refractivity contribution >= 4 is 11.4 Å². The molecule has 0 spiro atoms. The highest BCUT2D eigenvalue weighted by molar-refractivity contribution is 5.72. The monoisotopic (exact) mass is 380 g/mol. The molecule has 0 unspecified atom stereocenters. The number of nitriles is 2. The maximum absolute atomic E-state index is 9.13. The van der Waals surface area contributed by atoms with Crippen molar-refractivity contribution in [2.24, 2.45) is 0 Å². The number of benzene rings is 1. The first kappa shape index (κ1) is 20.2. The molecule has 6 heteroatoms. The number of nitrogens with zero attached hydrogens (tertiary/aromatic N) is 6. The molecule has 2 saturated heterocycles. The highest BCUT2D eigenvalue weighted by Crippen LogP contribution is 2.19. The molecule has 2 heterocycles. The molecule has 0 amide bonds. The van der Waals surface area contributed by atoms with Crippen LogP contribution in [0.5, 0.6) is 0 Å². The maximum atomic E-state index is 9.13. The molecule has 0 atom stereocenters. The topological polar surface area (TPSA) is 54.1 Å². The maximum Gasteiger partial charge on any atom is 0.136 e. The van der Waals surface area contributed by atoms with Gasteiger partial charge in [0.05, 0.1) is 80.5 Å². The van der Waals surface area contributed by atoms with Crippen LogP contribution in [0.25, 0.3) is 11.4 Å². The molecular formula is C22H32N6+2. The van der Waals surface area contributed by atoms with Crippen molar-refractivity contribution in [3.8, 4) is 12.1 Å². The van der Waals surface area contributed by atoms with Gasteiger partial charge in [0.25, 0.3) is 0 Å². The van der Waals surface area contributed by atoms with Crippen LogP contribution in [0.3, 0.4) is 0 Å². The third-order valence-corrected chi connectivity index (χ3v) is 6.16. The molecule has 1 aromatic rings. The quantitative estimate of drug-likeness (QED) is 0.663. The number of hydrogen-bond acceptors (Lipinski definition) is 4. The molecule has 3 rings (SSSR count). The van der Waals surface area contributed by atoms with E-state index >= 15 is 0 Å². The van der Waals surface area contributed by atoms with Crippen molar-refractivity contribution in [3.63, 3.8) is 0 Å². The van der Waals surface area contributed by atoms with E-state index in [-0.39, 0.29) is 5.57 Å². The van der Waals surface area contributed by atoms with Crippen molar-refractivity contribution < 1.29 is 8.97 Å². The van der Waals surface area contributed by atoms with Gasteiger partial charge in [0.1, 0.15) is 23.5 Å². The molecule has 0 saturated carbocycles. The van der Waals surface area contributed by atoms with Gasteiger partial charge in [0, 0.05) is 10.4 Å². The summed E-state index contributed by atoms with van der Waals surface area (Å²) in [5.41, 5.74) is 0.169. The number of hydrogen-bond donors (Lipinski definition) is 0. The highest BCUT2D eigenvalue weighted by atomic mass is 15.4. The average Bonchev–Trinajstić information content (AvgIpc) is 2.66. The smallest absolute Gasteiger partial charge is 0.136 e. The molecule has 2 aliphatic rings. The summed E-state index contributed by atoms with van der Waals surface area (Å²) < 4.78 is 2.13. The van der Waals surface area contributed by atoms with Crippen LogP contribution >= 0.6 is 0 Å². The molecular weight excluding hydrogens is 348 g/mol. The first-order valence-electron chi connectivity index (χ1n) is 10.0. The summed E-state index contributed by atoms with van der Waals surface area (Å²) in [6, 6.07) is 11.9. The lowest BCUT2D eigenvalue weighted by Gasteiger charge is -2.46. The second-order valence-corrected chi connectivity index (χ2v) is 9.24. The van der Waals surface area contributed by atoms with E-state index in [1.807, 2.05) is 24.3 Å². The van der Waals surface area contributed by atoms with E-state index in [0.717, 1.165) is 61.3 Å². The Balaban J connectivity index is 2.02. The lowest BCUT2D eigenvalue weighted by Crippen LogP contribution is -2.59. The zero-order valence-corrected chi connectivity index (χ0v) is 17.6. The van der Waals surface area contributed by atoms with Gasteiger partial charge in [-0.25, -0.2) is 0 Å². The van der Waals surface area contributed by atoms with Crippen molar-refractivity contribution in [1.29, 1.82) is 10.5 Å². The standard InChI is InChI=1S/C22H32N6/c1-27(2)13-9-25(10-14-27)22(26-11-15-28(3,4)16-12-26)20-7-5-19(6-8-20)21(17-23)18-24/h5-8H,9-16H2,1-4H3/q+2. The van der Waals surface area contributed by atoms with Gasteiger partial charge < -0.3 is 18.8 Å². The molecule has 1 aromatic carbocycles. The lowest BCUT2D eigenvalue weighted by atomic mass is 10.1. The minimum Gasteiger partial charge on any atom is -0.346 e. The minimum atomic E-state index is 0.169. The van der Waals surface area contributed by atoms with Crippen LogP contribution in [0.2, 0.25) is 0 Å². The predicted molar refractivity (Wildman–Crippen MR) is 111 cm³/mol. The Labute approximate surface area is 168 Å². The molecule has 0 radical (unpaired) electrons. The summed E-state index contributed by atoms with van der Waals surface area (Å²) >= 11 is 0. The van der Waals surface area contributed by atoms with Crippen LogP contribution in [-0.4, -0.2) is 99.3 Å². The third-order valence-electron chi connectivity index (χ3n) is 6.16. The van der Waals surface area contributed by atoms with Crippen LogP contribution in [0, 0.1) is 22.7 Å². The van der Waals surface area contributed by atoms with Crippen molar-refractivity contribution in [3.05, 3.63) is 34.7 Å². The van der Waals surface area contributed by atoms with Crippen LogP contribution in [0.15, 0.2) is 24.3 Å². The predicted octanol–water partition coefficient (Wildman–Crippen LogP) is -0.266. The van der Waals surface area contributed by atoms with Crippen LogP contribution in [0.1, 0.15) is 0 Å². The Hall–Kier alpha value is -2.54. The molecule has 0 bridgehead atoms. The summed E-state index contributed by atoms with van der Waals surface area (Å²) in [6.07, 6.45) is 0. The third kappa shape index (κ3) is 4.47. The van der Waals surface area contributed by atoms with E-state index in [4.69, 9.17) is 10.5 Å². The number of rotatable bonds is 2. The summed E-state index contributed by atoms with van der Waals surface area (Å²) in [5.74, 6) is 1.31. The molecule has 0 aliphatic carbocycles. The van der Waals surface area contributed by atoms with Crippen molar-refractivity contribution in [1.82, 2.24) is 9.80 Å². The number of piperazine rings is 2. The first-order chi connectivity index (χ1) is 13.2. The fraction of sp³-hybridized carbons (Fsp3) is 0.545. The zero-order valence-electron chi connectivity index (χ0n) is 17.6. The van der Waals surface area contributed by atoms with Crippen LogP contribution < -0.4 is 10.4 Å². The summed E-state index contributed by atoms with van der Waals surface area (Å²) in [7, 11) is 9.20. The minimum absolute atomic E-state index is 0.169. The van der Waals surface area contributed by atoms with Gasteiger partial charge in [-0.1, -0.05) is 24.3 Å². The Morgan fingerprint density at radius 2 is 1.07 bits per heavy atom. The highest BCUT2D eigenvalue weighted by Gasteiger charge is 2.31. The van der Waals surface area contributed by atoms with Gasteiger partial charge >= 0.3 is 0 Å². The van der Waals surface area contributed by atoms with E-state index in [1.54, 1.807) is 0 Å². The SMILES string of the molecule is C[N+]1(C)CCN(C(=c2ccc(=C(C#N)C#N)cc2)N2CC[N+](C)(C)CC2)CC1. The van der Waals surface area contributed by atoms with Gasteiger partial charge in [-0.2, -0.15) is 10.5 Å². The fourth-order valence-corrected chi connectivity index (χ4v) is 3.94. The van der Waals surface area contributed by atoms with E-state index in [2.05, 4.69) is 50.1 Å². The summed E-state index contributed by atoms with van der Waals surface area (Å²) in [5, 5.41) is 20.1. The van der Waals surface area contributed by atoms with Crippen molar-refractivity contribution in [2.75, 3.05) is 80.5 Å². The molecule has 28 heavy (non-hydrogen) atoms. The Kier molecular flexibility index (Phi) is 5.65. The van der Waals surface area contributed by atoms with E-state index < -0.39 is 0 Å². The van der Waals surface area contributed by atoms with E-state index in [9.17, 15) is 0 Å². The summed E-state index contributed by atoms with van der Waals surface area (Å²) in [6.45, 7) is 8.74. The first-order valence-corrected chi connectivity index (χ1v) is 10.0. The second-order valence-electron chi connectivity index (χ2n) is 9.24. The van der Waals surface area contributed by atoms with Crippen molar-refractivity contribution in [2.45, 2.75) is 0 Å². The zero-order chi connectivity index (χ0) is 20.4. The van der Waals surface area contributed by atoms with E-state index in [0.29, 0.717) is 5.22 Å². The average molecular weight is 381 g/mol. The number of quaternary nitrogens is 2. The largest absolute Gasteiger partial charge is 0.346 e. The lowest BCUT2D eigenvalue weighted by molar-refractivity contribution is -0.895.